The minimum absolute atomic E-state index is 0.0819. The Morgan fingerprint density at radius 1 is 1.38 bits per heavy atom. The lowest BCUT2D eigenvalue weighted by molar-refractivity contribution is -0.384. The maximum absolute atomic E-state index is 11.3. The van der Waals surface area contributed by atoms with Gasteiger partial charge in [-0.2, -0.15) is 0 Å². The van der Waals surface area contributed by atoms with Crippen molar-refractivity contribution in [2.45, 2.75) is 31.6 Å². The summed E-state index contributed by atoms with van der Waals surface area (Å²) >= 11 is 9.22. The van der Waals surface area contributed by atoms with E-state index in [1.54, 1.807) is 12.1 Å². The zero-order valence-electron chi connectivity index (χ0n) is 11.8. The van der Waals surface area contributed by atoms with Gasteiger partial charge >= 0.3 is 0 Å². The van der Waals surface area contributed by atoms with Crippen molar-refractivity contribution in [3.05, 3.63) is 39.2 Å². The third-order valence-electron chi connectivity index (χ3n) is 2.92. The maximum Gasteiger partial charge on any atom is 0.281 e. The van der Waals surface area contributed by atoms with Gasteiger partial charge in [-0.1, -0.05) is 27.5 Å². The first-order valence-electron chi connectivity index (χ1n) is 6.20. The lowest BCUT2D eigenvalue weighted by Crippen LogP contribution is -2.25. The average Bonchev–Trinajstić information content (AvgIpc) is 2.82. The summed E-state index contributed by atoms with van der Waals surface area (Å²) in [5.74, 6) is 1.17. The lowest BCUT2D eigenvalue weighted by atomic mass is 10.1. The number of nitro groups is 1. The SMILES string of the molecule is CC(C)(C)n1c(CBr)nnc1-c1ccc(Cl)cc1[N+](=O)[O-]. The summed E-state index contributed by atoms with van der Waals surface area (Å²) in [5, 5.41) is 20.3. The molecular weight excluding hydrogens is 360 g/mol. The molecule has 6 nitrogen and oxygen atoms in total. The van der Waals surface area contributed by atoms with E-state index in [2.05, 4.69) is 26.1 Å². The van der Waals surface area contributed by atoms with E-state index < -0.39 is 4.92 Å². The molecule has 0 atom stereocenters. The van der Waals surface area contributed by atoms with Gasteiger partial charge in [-0.3, -0.25) is 10.1 Å². The zero-order chi connectivity index (χ0) is 15.8. The highest BCUT2D eigenvalue weighted by molar-refractivity contribution is 9.08. The fraction of sp³-hybridized carbons (Fsp3) is 0.385. The first-order valence-corrected chi connectivity index (χ1v) is 7.70. The second-order valence-corrected chi connectivity index (χ2v) is 6.50. The molecule has 0 radical (unpaired) electrons. The van der Waals surface area contributed by atoms with Gasteiger partial charge in [0.15, 0.2) is 5.82 Å². The van der Waals surface area contributed by atoms with Gasteiger partial charge in [0, 0.05) is 16.6 Å². The normalized spacial score (nSPS) is 11.7. The number of nitro benzene ring substituents is 1. The monoisotopic (exact) mass is 372 g/mol. The van der Waals surface area contributed by atoms with Crippen LogP contribution in [0.15, 0.2) is 18.2 Å². The third kappa shape index (κ3) is 3.08. The molecule has 0 aliphatic heterocycles. The second-order valence-electron chi connectivity index (χ2n) is 5.50. The van der Waals surface area contributed by atoms with E-state index >= 15 is 0 Å². The molecule has 0 fully saturated rings. The van der Waals surface area contributed by atoms with E-state index in [4.69, 9.17) is 11.6 Å². The topological polar surface area (TPSA) is 73.8 Å². The van der Waals surface area contributed by atoms with E-state index in [9.17, 15) is 10.1 Å². The van der Waals surface area contributed by atoms with Crippen molar-refractivity contribution in [3.63, 3.8) is 0 Å². The van der Waals surface area contributed by atoms with Crippen LogP contribution in [0.4, 0.5) is 5.69 Å². The number of benzene rings is 1. The van der Waals surface area contributed by atoms with Gasteiger partial charge in [-0.05, 0) is 32.9 Å². The van der Waals surface area contributed by atoms with Crippen LogP contribution in [0.3, 0.4) is 0 Å². The van der Waals surface area contributed by atoms with Crippen molar-refractivity contribution < 1.29 is 4.92 Å². The first-order chi connectivity index (χ1) is 9.75. The zero-order valence-corrected chi connectivity index (χ0v) is 14.1. The number of aromatic nitrogens is 3. The quantitative estimate of drug-likeness (QED) is 0.460. The van der Waals surface area contributed by atoms with Crippen molar-refractivity contribution in [1.82, 2.24) is 14.8 Å². The van der Waals surface area contributed by atoms with Gasteiger partial charge < -0.3 is 4.57 Å². The molecule has 0 saturated carbocycles. The van der Waals surface area contributed by atoms with Gasteiger partial charge in [0.1, 0.15) is 5.82 Å². The number of rotatable bonds is 3. The molecule has 0 aliphatic carbocycles. The van der Waals surface area contributed by atoms with Gasteiger partial charge in [0.05, 0.1) is 15.8 Å². The molecular formula is C13H14BrClN4O2. The van der Waals surface area contributed by atoms with Gasteiger partial charge in [0.2, 0.25) is 0 Å². The molecule has 21 heavy (non-hydrogen) atoms. The molecule has 8 heteroatoms. The molecule has 0 bridgehead atoms. The van der Waals surface area contributed by atoms with E-state index in [0.717, 1.165) is 0 Å². The lowest BCUT2D eigenvalue weighted by Gasteiger charge is -2.24. The van der Waals surface area contributed by atoms with Crippen molar-refractivity contribution in [1.29, 1.82) is 0 Å². The van der Waals surface area contributed by atoms with Crippen LogP contribution < -0.4 is 0 Å². The van der Waals surface area contributed by atoms with Crippen LogP contribution in [0.25, 0.3) is 11.4 Å². The summed E-state index contributed by atoms with van der Waals surface area (Å²) in [5.41, 5.74) is 0.00987. The summed E-state index contributed by atoms with van der Waals surface area (Å²) < 4.78 is 1.89. The fourth-order valence-corrected chi connectivity index (χ4v) is 2.66. The minimum atomic E-state index is -0.462. The van der Waals surface area contributed by atoms with Crippen LogP contribution in [-0.4, -0.2) is 19.7 Å². The summed E-state index contributed by atoms with van der Waals surface area (Å²) in [4.78, 5) is 10.8. The van der Waals surface area contributed by atoms with Crippen LogP contribution in [0.2, 0.25) is 5.02 Å². The van der Waals surface area contributed by atoms with E-state index in [0.29, 0.717) is 27.6 Å². The maximum atomic E-state index is 11.3. The summed E-state index contributed by atoms with van der Waals surface area (Å²) in [6.45, 7) is 5.98. The highest BCUT2D eigenvalue weighted by Gasteiger charge is 2.27. The second kappa shape index (κ2) is 5.73. The van der Waals surface area contributed by atoms with Crippen LogP contribution in [0.5, 0.6) is 0 Å². The Bertz CT molecular complexity index is 694. The smallest absolute Gasteiger partial charge is 0.281 e. The molecule has 0 unspecified atom stereocenters. The highest BCUT2D eigenvalue weighted by Crippen LogP contribution is 2.34. The number of nitrogens with zero attached hydrogens (tertiary/aromatic N) is 4. The molecule has 2 rings (SSSR count). The standard InChI is InChI=1S/C13H14BrClN4O2/c1-13(2,3)18-11(7-14)16-17-12(18)9-5-4-8(15)6-10(9)19(20)21/h4-6H,7H2,1-3H3. The van der Waals surface area contributed by atoms with E-state index in [-0.39, 0.29) is 11.2 Å². The number of halogens is 2. The summed E-state index contributed by atoms with van der Waals surface area (Å²) in [7, 11) is 0. The Labute approximate surface area is 135 Å². The van der Waals surface area contributed by atoms with E-state index in [1.165, 1.54) is 6.07 Å². The van der Waals surface area contributed by atoms with Gasteiger partial charge in [0.25, 0.3) is 5.69 Å². The van der Waals surface area contributed by atoms with Crippen molar-refractivity contribution in [2.75, 3.05) is 0 Å². The molecule has 0 saturated heterocycles. The molecule has 2 aromatic rings. The largest absolute Gasteiger partial charge is 0.305 e. The fourth-order valence-electron chi connectivity index (χ4n) is 2.13. The van der Waals surface area contributed by atoms with Crippen LogP contribution >= 0.6 is 27.5 Å². The Morgan fingerprint density at radius 2 is 2.05 bits per heavy atom. The molecule has 1 heterocycles. The molecule has 0 aliphatic rings. The van der Waals surface area contributed by atoms with Gasteiger partial charge in [-0.15, -0.1) is 10.2 Å². The molecule has 0 amide bonds. The number of hydrogen-bond donors (Lipinski definition) is 0. The molecule has 0 N–H and O–H groups in total. The molecule has 0 spiro atoms. The predicted molar refractivity (Wildman–Crippen MR) is 84.7 cm³/mol. The number of hydrogen-bond acceptors (Lipinski definition) is 4. The van der Waals surface area contributed by atoms with Crippen molar-refractivity contribution in [3.8, 4) is 11.4 Å². The summed E-state index contributed by atoms with van der Waals surface area (Å²) in [6.07, 6.45) is 0. The predicted octanol–water partition coefficient (Wildman–Crippen LogP) is 4.16. The Balaban J connectivity index is 2.74. The number of alkyl halides is 1. The molecule has 1 aromatic heterocycles. The first kappa shape index (κ1) is 15.9. The Kier molecular flexibility index (Phi) is 4.34. The van der Waals surface area contributed by atoms with Crippen molar-refractivity contribution >= 4 is 33.2 Å². The highest BCUT2D eigenvalue weighted by atomic mass is 79.9. The molecule has 1 aromatic carbocycles. The Morgan fingerprint density at radius 3 is 2.57 bits per heavy atom. The summed E-state index contributed by atoms with van der Waals surface area (Å²) in [6, 6.07) is 4.54. The minimum Gasteiger partial charge on any atom is -0.305 e. The Hall–Kier alpha value is -1.47. The molecule has 112 valence electrons. The van der Waals surface area contributed by atoms with Gasteiger partial charge in [-0.25, -0.2) is 0 Å². The van der Waals surface area contributed by atoms with Crippen molar-refractivity contribution in [2.24, 2.45) is 0 Å². The van der Waals surface area contributed by atoms with Crippen LogP contribution in [0.1, 0.15) is 26.6 Å². The van der Waals surface area contributed by atoms with Crippen LogP contribution in [-0.2, 0) is 10.9 Å². The van der Waals surface area contributed by atoms with E-state index in [1.807, 2.05) is 25.3 Å². The average molecular weight is 374 g/mol. The third-order valence-corrected chi connectivity index (χ3v) is 3.65. The van der Waals surface area contributed by atoms with Crippen LogP contribution in [0, 0.1) is 10.1 Å².